The maximum Gasteiger partial charge on any atom is 0.0352 e. The highest BCUT2D eigenvalue weighted by Gasteiger charge is 2.19. The third kappa shape index (κ3) is 1.72. The molecule has 1 aliphatic rings. The van der Waals surface area contributed by atoms with E-state index in [9.17, 15) is 0 Å². The van der Waals surface area contributed by atoms with Gasteiger partial charge in [0.1, 0.15) is 0 Å². The van der Waals surface area contributed by atoms with Gasteiger partial charge in [0.05, 0.1) is 0 Å². The minimum absolute atomic E-state index is 0.237. The van der Waals surface area contributed by atoms with E-state index in [-0.39, 0.29) is 5.54 Å². The van der Waals surface area contributed by atoms with Crippen LogP contribution in [-0.4, -0.2) is 0 Å². The average Bonchev–Trinajstić information content (AvgIpc) is 2.41. The highest BCUT2D eigenvalue weighted by molar-refractivity contribution is 5.74. The van der Waals surface area contributed by atoms with E-state index in [0.29, 0.717) is 0 Å². The topological polar surface area (TPSA) is 26.0 Å². The van der Waals surface area contributed by atoms with Crippen LogP contribution in [0, 0.1) is 0 Å². The summed E-state index contributed by atoms with van der Waals surface area (Å²) in [6.45, 7) is 8.52. The van der Waals surface area contributed by atoms with E-state index in [2.05, 4.69) is 45.9 Å². The summed E-state index contributed by atoms with van der Waals surface area (Å²) in [6.07, 6.45) is 1.09. The van der Waals surface area contributed by atoms with Gasteiger partial charge in [0.25, 0.3) is 0 Å². The lowest BCUT2D eigenvalue weighted by atomic mass is 9.92. The minimum atomic E-state index is -0.237. The van der Waals surface area contributed by atoms with Crippen LogP contribution in [-0.2, 0) is 12.0 Å². The van der Waals surface area contributed by atoms with Crippen LogP contribution in [0.4, 0.5) is 0 Å². The molecule has 0 amide bonds. The molecule has 0 bridgehead atoms. The molecule has 1 aromatic rings. The molecule has 0 aliphatic heterocycles. The fraction of sp³-hybridized carbons (Fsp3) is 0.429. The van der Waals surface area contributed by atoms with Gasteiger partial charge in [0.15, 0.2) is 0 Å². The molecule has 2 N–H and O–H groups in total. The quantitative estimate of drug-likeness (QED) is 0.741. The van der Waals surface area contributed by atoms with Crippen molar-refractivity contribution in [2.24, 2.45) is 5.73 Å². The van der Waals surface area contributed by atoms with E-state index in [1.165, 1.54) is 27.8 Å². The van der Waals surface area contributed by atoms with Crippen LogP contribution in [0.5, 0.6) is 0 Å². The summed E-state index contributed by atoms with van der Waals surface area (Å²) in [4.78, 5) is 0. The molecule has 15 heavy (non-hydrogen) atoms. The van der Waals surface area contributed by atoms with Crippen LogP contribution >= 0.6 is 0 Å². The molecule has 80 valence electrons. The lowest BCUT2D eigenvalue weighted by molar-refractivity contribution is 0.554. The second kappa shape index (κ2) is 3.21. The van der Waals surface area contributed by atoms with Crippen molar-refractivity contribution in [1.82, 2.24) is 0 Å². The molecule has 1 aromatic carbocycles. The number of allylic oxidation sites excluding steroid dienone is 2. The molecule has 0 atom stereocenters. The molecule has 1 nitrogen and oxygen atoms in total. The molecular formula is C14H19N. The first-order valence-corrected chi connectivity index (χ1v) is 5.48. The summed E-state index contributed by atoms with van der Waals surface area (Å²) in [5.74, 6) is 0. The van der Waals surface area contributed by atoms with Crippen molar-refractivity contribution in [3.05, 3.63) is 40.5 Å². The molecule has 0 fully saturated rings. The molecule has 0 saturated carbocycles. The SMILES string of the molecule is CC1=C(C)c2ccc(C(C)(C)N)cc2C1. The van der Waals surface area contributed by atoms with E-state index in [0.717, 1.165) is 6.42 Å². The number of hydrogen-bond donors (Lipinski definition) is 1. The summed E-state index contributed by atoms with van der Waals surface area (Å²) >= 11 is 0. The van der Waals surface area contributed by atoms with Crippen LogP contribution < -0.4 is 5.73 Å². The molecular weight excluding hydrogens is 182 g/mol. The normalized spacial score (nSPS) is 15.8. The Morgan fingerprint density at radius 3 is 2.47 bits per heavy atom. The summed E-state index contributed by atoms with van der Waals surface area (Å²) < 4.78 is 0. The predicted octanol–water partition coefficient (Wildman–Crippen LogP) is 3.23. The van der Waals surface area contributed by atoms with Crippen molar-refractivity contribution in [3.8, 4) is 0 Å². The predicted molar refractivity (Wildman–Crippen MR) is 65.6 cm³/mol. The van der Waals surface area contributed by atoms with Crippen molar-refractivity contribution >= 4 is 5.57 Å². The fourth-order valence-corrected chi connectivity index (χ4v) is 2.15. The Morgan fingerprint density at radius 2 is 1.87 bits per heavy atom. The molecule has 0 saturated heterocycles. The van der Waals surface area contributed by atoms with Gasteiger partial charge in [-0.3, -0.25) is 0 Å². The van der Waals surface area contributed by atoms with Crippen LogP contribution in [0.25, 0.3) is 5.57 Å². The van der Waals surface area contributed by atoms with E-state index in [4.69, 9.17) is 5.73 Å². The molecule has 0 unspecified atom stereocenters. The monoisotopic (exact) mass is 201 g/mol. The van der Waals surface area contributed by atoms with Gasteiger partial charge < -0.3 is 5.73 Å². The standard InChI is InChI=1S/C14H19N/c1-9-7-11-8-12(14(3,4)15)5-6-13(11)10(9)2/h5-6,8H,7,15H2,1-4H3. The van der Waals surface area contributed by atoms with Crippen LogP contribution in [0.1, 0.15) is 44.4 Å². The number of nitrogens with two attached hydrogens (primary N) is 1. The summed E-state index contributed by atoms with van der Waals surface area (Å²) in [5, 5.41) is 0. The first-order valence-electron chi connectivity index (χ1n) is 5.48. The molecule has 1 aliphatic carbocycles. The second-order valence-corrected chi connectivity index (χ2v) is 5.18. The van der Waals surface area contributed by atoms with Crippen LogP contribution in [0.3, 0.4) is 0 Å². The Bertz CT molecular complexity index is 433. The lowest BCUT2D eigenvalue weighted by Gasteiger charge is -2.20. The van der Waals surface area contributed by atoms with Gasteiger partial charge in [0.2, 0.25) is 0 Å². The van der Waals surface area contributed by atoms with Gasteiger partial charge in [-0.1, -0.05) is 23.8 Å². The Kier molecular flexibility index (Phi) is 2.23. The Hall–Kier alpha value is -1.08. The number of hydrogen-bond acceptors (Lipinski definition) is 1. The zero-order chi connectivity index (χ0) is 11.2. The third-order valence-electron chi connectivity index (χ3n) is 3.35. The molecule has 0 radical (unpaired) electrons. The third-order valence-corrected chi connectivity index (χ3v) is 3.35. The highest BCUT2D eigenvalue weighted by atomic mass is 14.7. The molecule has 0 heterocycles. The Labute approximate surface area is 92.0 Å². The zero-order valence-electron chi connectivity index (χ0n) is 10.0. The maximum atomic E-state index is 6.11. The van der Waals surface area contributed by atoms with Crippen molar-refractivity contribution in [3.63, 3.8) is 0 Å². The first-order chi connectivity index (χ1) is 6.89. The summed E-state index contributed by atoms with van der Waals surface area (Å²) in [7, 11) is 0. The molecule has 2 rings (SSSR count). The maximum absolute atomic E-state index is 6.11. The number of benzene rings is 1. The lowest BCUT2D eigenvalue weighted by Crippen LogP contribution is -2.28. The van der Waals surface area contributed by atoms with E-state index < -0.39 is 0 Å². The van der Waals surface area contributed by atoms with Crippen LogP contribution in [0.15, 0.2) is 23.8 Å². The van der Waals surface area contributed by atoms with Crippen molar-refractivity contribution in [1.29, 1.82) is 0 Å². The van der Waals surface area contributed by atoms with Crippen molar-refractivity contribution < 1.29 is 0 Å². The molecule has 0 spiro atoms. The Balaban J connectivity index is 2.47. The second-order valence-electron chi connectivity index (χ2n) is 5.18. The zero-order valence-corrected chi connectivity index (χ0v) is 10.0. The van der Waals surface area contributed by atoms with Crippen molar-refractivity contribution in [2.75, 3.05) is 0 Å². The van der Waals surface area contributed by atoms with E-state index >= 15 is 0 Å². The summed E-state index contributed by atoms with van der Waals surface area (Å²) in [6, 6.07) is 6.63. The smallest absolute Gasteiger partial charge is 0.0352 e. The number of rotatable bonds is 1. The largest absolute Gasteiger partial charge is 0.322 e. The molecule has 1 heteroatoms. The van der Waals surface area contributed by atoms with Gasteiger partial charge in [-0.15, -0.1) is 0 Å². The van der Waals surface area contributed by atoms with E-state index in [1.54, 1.807) is 0 Å². The first kappa shape index (κ1) is 10.4. The molecule has 0 aromatic heterocycles. The van der Waals surface area contributed by atoms with Crippen LogP contribution in [0.2, 0.25) is 0 Å². The fourth-order valence-electron chi connectivity index (χ4n) is 2.15. The average molecular weight is 201 g/mol. The highest BCUT2D eigenvalue weighted by Crippen LogP contribution is 2.34. The van der Waals surface area contributed by atoms with Crippen molar-refractivity contribution in [2.45, 2.75) is 39.7 Å². The Morgan fingerprint density at radius 1 is 1.20 bits per heavy atom. The van der Waals surface area contributed by atoms with Gasteiger partial charge in [0, 0.05) is 5.54 Å². The van der Waals surface area contributed by atoms with Gasteiger partial charge >= 0.3 is 0 Å². The summed E-state index contributed by atoms with van der Waals surface area (Å²) in [5.41, 5.74) is 12.9. The van der Waals surface area contributed by atoms with Gasteiger partial charge in [-0.2, -0.15) is 0 Å². The number of fused-ring (bicyclic) bond motifs is 1. The van der Waals surface area contributed by atoms with E-state index in [1.807, 2.05) is 0 Å². The van der Waals surface area contributed by atoms with Gasteiger partial charge in [-0.25, -0.2) is 0 Å². The minimum Gasteiger partial charge on any atom is -0.322 e. The van der Waals surface area contributed by atoms with Gasteiger partial charge in [-0.05, 0) is 56.4 Å².